The fraction of sp³-hybridized carbons (Fsp3) is 0.562. The van der Waals surface area contributed by atoms with Crippen LogP contribution >= 0.6 is 0 Å². The van der Waals surface area contributed by atoms with E-state index in [9.17, 15) is 18.0 Å². The van der Waals surface area contributed by atoms with E-state index in [-0.39, 0.29) is 18.7 Å². The van der Waals surface area contributed by atoms with Crippen molar-refractivity contribution in [3.8, 4) is 0 Å². The van der Waals surface area contributed by atoms with Gasteiger partial charge in [-0.05, 0) is 12.8 Å². The van der Waals surface area contributed by atoms with Gasteiger partial charge in [-0.25, -0.2) is 14.1 Å². The molecule has 2 heterocycles. The third kappa shape index (κ3) is 2.16. The maximum Gasteiger partial charge on any atom is 0.308 e. The van der Waals surface area contributed by atoms with Crippen molar-refractivity contribution in [2.24, 2.45) is 11.3 Å². The summed E-state index contributed by atoms with van der Waals surface area (Å²) in [4.78, 5) is 15.8. The van der Waals surface area contributed by atoms with Gasteiger partial charge in [-0.15, -0.1) is 5.10 Å². The molecule has 0 radical (unpaired) electrons. The minimum absolute atomic E-state index is 0.133. The molecule has 3 aliphatic rings. The predicted octanol–water partition coefficient (Wildman–Crippen LogP) is 3.38. The zero-order valence-electron chi connectivity index (χ0n) is 12.5. The zero-order chi connectivity index (χ0) is 16.4. The number of nitrogens with zero attached hydrogens (tertiary/aromatic N) is 3. The van der Waals surface area contributed by atoms with Crippen molar-refractivity contribution >= 4 is 5.78 Å². The van der Waals surface area contributed by atoms with Crippen LogP contribution < -0.4 is 0 Å². The van der Waals surface area contributed by atoms with E-state index in [1.165, 1.54) is 4.68 Å². The Morgan fingerprint density at radius 1 is 1.39 bits per heavy atom. The van der Waals surface area contributed by atoms with Crippen LogP contribution in [-0.2, 0) is 5.92 Å². The molecule has 1 fully saturated rings. The van der Waals surface area contributed by atoms with Crippen LogP contribution in [0.3, 0.4) is 0 Å². The lowest BCUT2D eigenvalue weighted by atomic mass is 9.76. The highest BCUT2D eigenvalue weighted by molar-refractivity contribution is 5.96. The quantitative estimate of drug-likeness (QED) is 0.801. The van der Waals surface area contributed by atoms with E-state index in [1.807, 2.05) is 31.2 Å². The number of alkyl halides is 3. The molecule has 0 aromatic carbocycles. The molecule has 0 spiro atoms. The number of carbonyl (C=O) groups is 1. The van der Waals surface area contributed by atoms with Gasteiger partial charge in [0.05, 0.1) is 12.0 Å². The van der Waals surface area contributed by atoms with Gasteiger partial charge in [0.1, 0.15) is 6.17 Å². The molecule has 1 aliphatic heterocycles. The monoisotopic (exact) mass is 323 g/mol. The summed E-state index contributed by atoms with van der Waals surface area (Å²) in [6.07, 6.45) is 6.69. The smallest absolute Gasteiger partial charge is 0.290 e. The van der Waals surface area contributed by atoms with Crippen molar-refractivity contribution in [3.05, 3.63) is 36.0 Å². The molecule has 122 valence electrons. The van der Waals surface area contributed by atoms with Crippen molar-refractivity contribution in [1.29, 1.82) is 0 Å². The normalized spacial score (nSPS) is 37.0. The van der Waals surface area contributed by atoms with Gasteiger partial charge in [0.2, 0.25) is 11.6 Å². The second-order valence-corrected chi connectivity index (χ2v) is 6.85. The van der Waals surface area contributed by atoms with Crippen LogP contribution in [0, 0.1) is 11.3 Å². The third-order valence-electron chi connectivity index (χ3n) is 5.02. The minimum atomic E-state index is -3.13. The summed E-state index contributed by atoms with van der Waals surface area (Å²) in [6.45, 7) is 1.89. The molecule has 4 atom stereocenters. The fourth-order valence-electron chi connectivity index (χ4n) is 3.42. The lowest BCUT2D eigenvalue weighted by molar-refractivity contribution is -0.0175. The molecule has 1 unspecified atom stereocenters. The first-order chi connectivity index (χ1) is 10.8. The van der Waals surface area contributed by atoms with Gasteiger partial charge >= 0.3 is 5.92 Å². The molecule has 0 saturated heterocycles. The minimum Gasteiger partial charge on any atom is -0.290 e. The van der Waals surface area contributed by atoms with E-state index in [2.05, 4.69) is 10.1 Å². The average molecular weight is 323 g/mol. The van der Waals surface area contributed by atoms with Gasteiger partial charge in [-0.1, -0.05) is 31.2 Å². The first-order valence-electron chi connectivity index (χ1n) is 7.69. The third-order valence-corrected chi connectivity index (χ3v) is 5.02. The Bertz CT molecular complexity index is 739. The van der Waals surface area contributed by atoms with Gasteiger partial charge in [0, 0.05) is 11.8 Å². The molecule has 2 aliphatic carbocycles. The molecule has 1 saturated carbocycles. The van der Waals surface area contributed by atoms with Crippen LogP contribution in [0.4, 0.5) is 13.2 Å². The van der Waals surface area contributed by atoms with Gasteiger partial charge in [0.25, 0.3) is 0 Å². The van der Waals surface area contributed by atoms with Crippen molar-refractivity contribution in [1.82, 2.24) is 14.8 Å². The summed E-state index contributed by atoms with van der Waals surface area (Å²) in [5.41, 5.74) is -0.514. The molecular formula is C16H16F3N3O. The maximum atomic E-state index is 14.3. The van der Waals surface area contributed by atoms with Gasteiger partial charge in [0.15, 0.2) is 5.82 Å². The zero-order valence-corrected chi connectivity index (χ0v) is 12.5. The van der Waals surface area contributed by atoms with E-state index in [0.29, 0.717) is 6.42 Å². The number of fused-ring (bicyclic) bond motifs is 1. The van der Waals surface area contributed by atoms with Crippen molar-refractivity contribution < 1.29 is 18.0 Å². The Hall–Kier alpha value is -1.92. The van der Waals surface area contributed by atoms with Crippen LogP contribution in [0.5, 0.6) is 0 Å². The largest absolute Gasteiger partial charge is 0.308 e. The molecule has 1 aromatic rings. The average Bonchev–Trinajstić information content (AvgIpc) is 2.96. The van der Waals surface area contributed by atoms with Gasteiger partial charge in [-0.3, -0.25) is 4.79 Å². The van der Waals surface area contributed by atoms with E-state index in [1.54, 1.807) is 0 Å². The van der Waals surface area contributed by atoms with Crippen molar-refractivity contribution in [2.75, 3.05) is 0 Å². The number of Topliss-reactive ketones (excluding diaryl/α,β-unsaturated/α-hetero) is 1. The molecule has 7 heteroatoms. The summed E-state index contributed by atoms with van der Waals surface area (Å²) in [5.74, 6) is -5.23. The van der Waals surface area contributed by atoms with Crippen LogP contribution in [-0.4, -0.2) is 26.7 Å². The lowest BCUT2D eigenvalue weighted by Crippen LogP contribution is -2.28. The highest BCUT2D eigenvalue weighted by atomic mass is 19.3. The van der Waals surface area contributed by atoms with Crippen LogP contribution in [0.25, 0.3) is 0 Å². The summed E-state index contributed by atoms with van der Waals surface area (Å²) in [5, 5.41) is 4.04. The molecular weight excluding hydrogens is 307 g/mol. The fourth-order valence-corrected chi connectivity index (χ4v) is 3.42. The van der Waals surface area contributed by atoms with E-state index in [0.717, 1.165) is 0 Å². The number of rotatable bonds is 3. The van der Waals surface area contributed by atoms with Crippen LogP contribution in [0.1, 0.15) is 48.7 Å². The Balaban J connectivity index is 1.72. The van der Waals surface area contributed by atoms with Gasteiger partial charge < -0.3 is 0 Å². The van der Waals surface area contributed by atoms with E-state index in [4.69, 9.17) is 0 Å². The van der Waals surface area contributed by atoms with E-state index >= 15 is 0 Å². The maximum absolute atomic E-state index is 14.3. The molecule has 23 heavy (non-hydrogen) atoms. The van der Waals surface area contributed by atoms with Crippen LogP contribution in [0.2, 0.25) is 0 Å². The number of hydrogen-bond acceptors (Lipinski definition) is 3. The highest BCUT2D eigenvalue weighted by Crippen LogP contribution is 2.52. The second kappa shape index (κ2) is 4.55. The molecule has 0 bridgehead atoms. The lowest BCUT2D eigenvalue weighted by Gasteiger charge is -2.33. The first-order valence-corrected chi connectivity index (χ1v) is 7.69. The molecule has 0 amide bonds. The number of allylic oxidation sites excluding steroid dienone is 4. The van der Waals surface area contributed by atoms with Crippen LogP contribution in [0.15, 0.2) is 24.3 Å². The van der Waals surface area contributed by atoms with Crippen molar-refractivity contribution in [3.63, 3.8) is 0 Å². The number of halogens is 3. The molecule has 1 aromatic heterocycles. The first kappa shape index (κ1) is 14.7. The van der Waals surface area contributed by atoms with E-state index < -0.39 is 41.1 Å². The molecule has 4 nitrogen and oxygen atoms in total. The second-order valence-electron chi connectivity index (χ2n) is 6.85. The standard InChI is InChI=1S/C16H16F3N3O/c1-15(5-3-2-4-6-15)11-8-16(18,19)14-20-13(21-22(11)14)12(23)9-7-10(9)17/h2-5,9-11H,6-8H2,1H3/t9-,10-,11-,15?/m0/s1. The molecule has 4 rings (SSSR count). The predicted molar refractivity (Wildman–Crippen MR) is 75.9 cm³/mol. The number of hydrogen-bond donors (Lipinski definition) is 0. The number of ketones is 1. The van der Waals surface area contributed by atoms with Gasteiger partial charge in [-0.2, -0.15) is 8.78 Å². The summed E-state index contributed by atoms with van der Waals surface area (Å²) in [6, 6.07) is -0.580. The number of carbonyl (C=O) groups excluding carboxylic acids is 1. The van der Waals surface area contributed by atoms with Crippen molar-refractivity contribution in [2.45, 2.75) is 44.3 Å². The topological polar surface area (TPSA) is 47.8 Å². The Kier molecular flexibility index (Phi) is 2.90. The Morgan fingerprint density at radius 3 is 2.74 bits per heavy atom. The summed E-state index contributed by atoms with van der Waals surface area (Å²) in [7, 11) is 0. The Morgan fingerprint density at radius 2 is 2.13 bits per heavy atom. The number of aromatic nitrogens is 3. The molecule has 0 N–H and O–H groups in total. The highest BCUT2D eigenvalue weighted by Gasteiger charge is 2.54. The SMILES string of the molecule is CC1([C@@H]2CC(F)(F)c3nc(C(=O)[C@H]4C[C@@H]4F)nn32)C=CC=CC1. The summed E-state index contributed by atoms with van der Waals surface area (Å²) >= 11 is 0. The summed E-state index contributed by atoms with van der Waals surface area (Å²) < 4.78 is 42.9. The Labute approximate surface area is 131 Å².